The van der Waals surface area contributed by atoms with Gasteiger partial charge in [-0.15, -0.1) is 0 Å². The molecule has 0 bridgehead atoms. The molecule has 98 valence electrons. The number of ether oxygens (including phenoxy) is 1. The van der Waals surface area contributed by atoms with Gasteiger partial charge in [-0.2, -0.15) is 0 Å². The summed E-state index contributed by atoms with van der Waals surface area (Å²) < 4.78 is 5.76. The van der Waals surface area contributed by atoms with Crippen LogP contribution in [0.15, 0.2) is 0 Å². The van der Waals surface area contributed by atoms with Crippen LogP contribution in [0.1, 0.15) is 32.6 Å². The summed E-state index contributed by atoms with van der Waals surface area (Å²) in [7, 11) is 0. The van der Waals surface area contributed by atoms with E-state index >= 15 is 0 Å². The third kappa shape index (κ3) is 3.43. The van der Waals surface area contributed by atoms with Gasteiger partial charge in [0.15, 0.2) is 0 Å². The highest BCUT2D eigenvalue weighted by atomic mass is 16.5. The fourth-order valence-corrected chi connectivity index (χ4v) is 2.79. The van der Waals surface area contributed by atoms with E-state index in [1.165, 1.54) is 32.2 Å². The number of nitrogens with zero attached hydrogens (tertiary/aromatic N) is 1. The molecule has 0 aromatic carbocycles. The first-order valence-corrected chi connectivity index (χ1v) is 7.38. The van der Waals surface area contributed by atoms with Gasteiger partial charge in [-0.05, 0) is 44.4 Å². The summed E-state index contributed by atoms with van der Waals surface area (Å²) >= 11 is 0. The van der Waals surface area contributed by atoms with Crippen molar-refractivity contribution in [1.29, 1.82) is 0 Å². The van der Waals surface area contributed by atoms with Crippen molar-refractivity contribution in [2.75, 3.05) is 32.8 Å². The highest BCUT2D eigenvalue weighted by Crippen LogP contribution is 2.34. The molecule has 2 aliphatic carbocycles. The van der Waals surface area contributed by atoms with Crippen molar-refractivity contribution in [2.24, 2.45) is 11.8 Å². The van der Waals surface area contributed by atoms with Crippen molar-refractivity contribution < 1.29 is 4.74 Å². The lowest BCUT2D eigenvalue weighted by Gasteiger charge is -2.39. The average Bonchev–Trinajstić information content (AvgIpc) is 3.17. The van der Waals surface area contributed by atoms with Gasteiger partial charge in [-0.3, -0.25) is 4.90 Å². The largest absolute Gasteiger partial charge is 0.380 e. The normalized spacial score (nSPS) is 35.1. The number of rotatable bonds is 6. The second kappa shape index (κ2) is 5.25. The van der Waals surface area contributed by atoms with Gasteiger partial charge in [-0.1, -0.05) is 0 Å². The molecule has 0 spiro atoms. The molecule has 1 aliphatic heterocycles. The zero-order valence-corrected chi connectivity index (χ0v) is 11.0. The number of piperazine rings is 1. The zero-order valence-electron chi connectivity index (χ0n) is 11.0. The summed E-state index contributed by atoms with van der Waals surface area (Å²) in [6.45, 7) is 7.78. The van der Waals surface area contributed by atoms with Gasteiger partial charge in [0.1, 0.15) is 0 Å². The molecule has 3 rings (SSSR count). The Morgan fingerprint density at radius 2 is 2.06 bits per heavy atom. The van der Waals surface area contributed by atoms with Crippen LogP contribution in [-0.2, 0) is 4.74 Å². The van der Waals surface area contributed by atoms with E-state index in [9.17, 15) is 0 Å². The summed E-state index contributed by atoms with van der Waals surface area (Å²) in [4.78, 5) is 2.62. The van der Waals surface area contributed by atoms with Gasteiger partial charge >= 0.3 is 0 Å². The highest BCUT2D eigenvalue weighted by Gasteiger charge is 2.35. The monoisotopic (exact) mass is 238 g/mol. The van der Waals surface area contributed by atoms with Crippen molar-refractivity contribution in [3.8, 4) is 0 Å². The van der Waals surface area contributed by atoms with E-state index in [0.29, 0.717) is 6.04 Å². The quantitative estimate of drug-likeness (QED) is 0.710. The highest BCUT2D eigenvalue weighted by molar-refractivity contribution is 4.93. The topological polar surface area (TPSA) is 24.5 Å². The van der Waals surface area contributed by atoms with E-state index in [-0.39, 0.29) is 0 Å². The molecule has 3 fully saturated rings. The first kappa shape index (κ1) is 11.9. The maximum atomic E-state index is 5.76. The van der Waals surface area contributed by atoms with Crippen LogP contribution in [-0.4, -0.2) is 49.8 Å². The minimum absolute atomic E-state index is 0.675. The number of nitrogens with one attached hydrogen (secondary N) is 1. The molecule has 3 nitrogen and oxygen atoms in total. The van der Waals surface area contributed by atoms with E-state index in [0.717, 1.165) is 44.2 Å². The lowest BCUT2D eigenvalue weighted by Crippen LogP contribution is -2.56. The van der Waals surface area contributed by atoms with Crippen molar-refractivity contribution in [3.05, 3.63) is 0 Å². The summed E-state index contributed by atoms with van der Waals surface area (Å²) in [6, 6.07) is 1.43. The second-order valence-electron chi connectivity index (χ2n) is 6.21. The zero-order chi connectivity index (χ0) is 11.7. The van der Waals surface area contributed by atoms with Crippen LogP contribution >= 0.6 is 0 Å². The van der Waals surface area contributed by atoms with Crippen molar-refractivity contribution in [2.45, 2.75) is 44.7 Å². The summed E-state index contributed by atoms with van der Waals surface area (Å²) in [5.41, 5.74) is 0. The Kier molecular flexibility index (Phi) is 3.69. The molecule has 2 saturated carbocycles. The number of hydrogen-bond donors (Lipinski definition) is 1. The molecule has 3 aliphatic rings. The molecule has 2 unspecified atom stereocenters. The van der Waals surface area contributed by atoms with Crippen LogP contribution in [0.3, 0.4) is 0 Å². The third-order valence-electron chi connectivity index (χ3n) is 4.49. The lowest BCUT2D eigenvalue weighted by molar-refractivity contribution is 0.0633. The Hall–Kier alpha value is -0.120. The standard InChI is InChI=1S/C14H26N2O/c1-11-8-15-14(13-4-5-13)9-16(11)6-7-17-10-12-2-3-12/h11-15H,2-10H2,1H3. The third-order valence-corrected chi connectivity index (χ3v) is 4.49. The van der Waals surface area contributed by atoms with Gasteiger partial charge in [-0.25, -0.2) is 0 Å². The lowest BCUT2D eigenvalue weighted by atomic mass is 10.1. The molecule has 2 atom stereocenters. The molecular weight excluding hydrogens is 212 g/mol. The predicted octanol–water partition coefficient (Wildman–Crippen LogP) is 1.49. The van der Waals surface area contributed by atoms with E-state index in [1.54, 1.807) is 0 Å². The summed E-state index contributed by atoms with van der Waals surface area (Å²) in [6.07, 6.45) is 5.68. The van der Waals surface area contributed by atoms with Crippen LogP contribution < -0.4 is 5.32 Å². The first-order chi connectivity index (χ1) is 8.33. The molecule has 3 heteroatoms. The minimum Gasteiger partial charge on any atom is -0.380 e. The SMILES string of the molecule is CC1CNC(C2CC2)CN1CCOCC1CC1. The molecule has 1 heterocycles. The minimum atomic E-state index is 0.675. The fourth-order valence-electron chi connectivity index (χ4n) is 2.79. The first-order valence-electron chi connectivity index (χ1n) is 7.38. The Labute approximate surface area is 105 Å². The molecule has 17 heavy (non-hydrogen) atoms. The van der Waals surface area contributed by atoms with E-state index in [4.69, 9.17) is 4.74 Å². The molecule has 1 N–H and O–H groups in total. The molecule has 0 aromatic heterocycles. The average molecular weight is 238 g/mol. The van der Waals surface area contributed by atoms with Crippen molar-refractivity contribution in [3.63, 3.8) is 0 Å². The predicted molar refractivity (Wildman–Crippen MR) is 69.1 cm³/mol. The Bertz CT molecular complexity index is 251. The van der Waals surface area contributed by atoms with Crippen LogP contribution in [0.25, 0.3) is 0 Å². The van der Waals surface area contributed by atoms with Crippen LogP contribution in [0.4, 0.5) is 0 Å². The fraction of sp³-hybridized carbons (Fsp3) is 1.00. The Morgan fingerprint density at radius 3 is 2.76 bits per heavy atom. The molecular formula is C14H26N2O. The molecule has 0 radical (unpaired) electrons. The molecule has 0 amide bonds. The smallest absolute Gasteiger partial charge is 0.0593 e. The second-order valence-corrected chi connectivity index (χ2v) is 6.21. The van der Waals surface area contributed by atoms with E-state index in [1.807, 2.05) is 0 Å². The van der Waals surface area contributed by atoms with E-state index < -0.39 is 0 Å². The summed E-state index contributed by atoms with van der Waals surface area (Å²) in [5.74, 6) is 1.87. The molecule has 0 aromatic rings. The van der Waals surface area contributed by atoms with Crippen LogP contribution in [0, 0.1) is 11.8 Å². The van der Waals surface area contributed by atoms with Crippen molar-refractivity contribution in [1.82, 2.24) is 10.2 Å². The molecule has 1 saturated heterocycles. The summed E-state index contributed by atoms with van der Waals surface area (Å²) in [5, 5.41) is 3.70. The van der Waals surface area contributed by atoms with Crippen LogP contribution in [0.5, 0.6) is 0 Å². The van der Waals surface area contributed by atoms with Gasteiger partial charge in [0, 0.05) is 38.3 Å². The van der Waals surface area contributed by atoms with Crippen molar-refractivity contribution >= 4 is 0 Å². The Balaban J connectivity index is 1.36. The Morgan fingerprint density at radius 1 is 1.24 bits per heavy atom. The van der Waals surface area contributed by atoms with Gasteiger partial charge < -0.3 is 10.1 Å². The van der Waals surface area contributed by atoms with Crippen LogP contribution in [0.2, 0.25) is 0 Å². The maximum Gasteiger partial charge on any atom is 0.0593 e. The van der Waals surface area contributed by atoms with E-state index in [2.05, 4.69) is 17.1 Å². The van der Waals surface area contributed by atoms with Gasteiger partial charge in [0.25, 0.3) is 0 Å². The maximum absolute atomic E-state index is 5.76. The number of hydrogen-bond acceptors (Lipinski definition) is 3. The van der Waals surface area contributed by atoms with Gasteiger partial charge in [0.05, 0.1) is 6.61 Å². The van der Waals surface area contributed by atoms with Gasteiger partial charge in [0.2, 0.25) is 0 Å².